The first-order valence-corrected chi connectivity index (χ1v) is 8.56. The Morgan fingerprint density at radius 2 is 2.20 bits per heavy atom. The third kappa shape index (κ3) is 2.73. The molecule has 1 aromatic carbocycles. The number of hydrogen-bond acceptors (Lipinski definition) is 5. The molecule has 2 aromatic rings. The molecule has 0 bridgehead atoms. The van der Waals surface area contributed by atoms with Gasteiger partial charge in [-0.05, 0) is 30.3 Å². The van der Waals surface area contributed by atoms with Crippen molar-refractivity contribution >= 4 is 33.2 Å². The molecule has 2 heterocycles. The van der Waals surface area contributed by atoms with Crippen LogP contribution in [0.1, 0.15) is 0 Å². The Morgan fingerprint density at radius 1 is 1.30 bits per heavy atom. The molecule has 3 rings (SSSR count). The summed E-state index contributed by atoms with van der Waals surface area (Å²) in [4.78, 5) is 5.22. The number of nitrogens with one attached hydrogen (secondary N) is 2. The topological polar surface area (TPSA) is 71.1 Å². The van der Waals surface area contributed by atoms with E-state index in [-0.39, 0.29) is 4.90 Å². The highest BCUT2D eigenvalue weighted by Crippen LogP contribution is 2.32. The molecule has 0 spiro atoms. The SMILES string of the molecule is O=S(=O)(Nc1cccnc1)c1ccc2c(c1)NCCS2. The molecule has 1 aromatic heterocycles. The Bertz CT molecular complexity index is 718. The van der Waals surface area contributed by atoms with Crippen molar-refractivity contribution in [3.63, 3.8) is 0 Å². The largest absolute Gasteiger partial charge is 0.383 e. The Labute approximate surface area is 121 Å². The number of anilines is 2. The van der Waals surface area contributed by atoms with Crippen LogP contribution in [0.25, 0.3) is 0 Å². The van der Waals surface area contributed by atoms with E-state index < -0.39 is 10.0 Å². The van der Waals surface area contributed by atoms with E-state index in [2.05, 4.69) is 15.0 Å². The van der Waals surface area contributed by atoms with Crippen molar-refractivity contribution in [1.82, 2.24) is 4.98 Å². The number of hydrogen-bond donors (Lipinski definition) is 2. The van der Waals surface area contributed by atoms with E-state index in [0.29, 0.717) is 5.69 Å². The maximum absolute atomic E-state index is 12.3. The molecule has 104 valence electrons. The number of aromatic nitrogens is 1. The molecule has 0 unspecified atom stereocenters. The first kappa shape index (κ1) is 13.3. The summed E-state index contributed by atoms with van der Waals surface area (Å²) in [5.41, 5.74) is 1.32. The lowest BCUT2D eigenvalue weighted by atomic mass is 10.3. The summed E-state index contributed by atoms with van der Waals surface area (Å²) in [6, 6.07) is 8.47. The van der Waals surface area contributed by atoms with Crippen molar-refractivity contribution < 1.29 is 8.42 Å². The zero-order valence-corrected chi connectivity index (χ0v) is 12.2. The molecule has 0 amide bonds. The van der Waals surface area contributed by atoms with E-state index in [1.54, 1.807) is 42.2 Å². The van der Waals surface area contributed by atoms with Gasteiger partial charge in [-0.3, -0.25) is 9.71 Å². The van der Waals surface area contributed by atoms with Gasteiger partial charge in [-0.1, -0.05) is 0 Å². The van der Waals surface area contributed by atoms with Gasteiger partial charge in [0.2, 0.25) is 0 Å². The van der Waals surface area contributed by atoms with Gasteiger partial charge in [0.05, 0.1) is 16.8 Å². The number of pyridine rings is 1. The van der Waals surface area contributed by atoms with Crippen LogP contribution >= 0.6 is 11.8 Å². The van der Waals surface area contributed by atoms with Crippen LogP contribution in [0.2, 0.25) is 0 Å². The summed E-state index contributed by atoms with van der Waals surface area (Å²) < 4.78 is 27.1. The van der Waals surface area contributed by atoms with E-state index in [1.807, 2.05) is 6.07 Å². The normalized spacial score (nSPS) is 14.2. The molecule has 5 nitrogen and oxygen atoms in total. The van der Waals surface area contributed by atoms with E-state index in [1.165, 1.54) is 6.20 Å². The number of benzene rings is 1. The van der Waals surface area contributed by atoms with Crippen LogP contribution in [0.3, 0.4) is 0 Å². The highest BCUT2D eigenvalue weighted by Gasteiger charge is 2.18. The van der Waals surface area contributed by atoms with Crippen molar-refractivity contribution in [3.05, 3.63) is 42.7 Å². The van der Waals surface area contributed by atoms with Gasteiger partial charge in [0.1, 0.15) is 0 Å². The standard InChI is InChI=1S/C13H13N3O2S2/c17-20(18,16-10-2-1-5-14-9-10)11-3-4-13-12(8-11)15-6-7-19-13/h1-5,8-9,15-16H,6-7H2. The minimum atomic E-state index is -3.59. The van der Waals surface area contributed by atoms with E-state index >= 15 is 0 Å². The highest BCUT2D eigenvalue weighted by molar-refractivity contribution is 7.99. The van der Waals surface area contributed by atoms with Crippen molar-refractivity contribution in [2.24, 2.45) is 0 Å². The average molecular weight is 307 g/mol. The Morgan fingerprint density at radius 3 is 3.00 bits per heavy atom. The molecule has 0 aliphatic carbocycles. The number of sulfonamides is 1. The molecule has 0 saturated carbocycles. The summed E-state index contributed by atoms with van der Waals surface area (Å²) in [7, 11) is -3.59. The minimum absolute atomic E-state index is 0.245. The summed E-state index contributed by atoms with van der Waals surface area (Å²) in [5, 5.41) is 3.21. The van der Waals surface area contributed by atoms with Gasteiger partial charge >= 0.3 is 0 Å². The van der Waals surface area contributed by atoms with E-state index in [4.69, 9.17) is 0 Å². The average Bonchev–Trinajstić information content (AvgIpc) is 2.47. The van der Waals surface area contributed by atoms with Crippen LogP contribution < -0.4 is 10.0 Å². The van der Waals surface area contributed by atoms with Gasteiger partial charge in [-0.25, -0.2) is 8.42 Å². The predicted molar refractivity (Wildman–Crippen MR) is 80.7 cm³/mol. The van der Waals surface area contributed by atoms with Crippen LogP contribution in [0, 0.1) is 0 Å². The Kier molecular flexibility index (Phi) is 3.54. The van der Waals surface area contributed by atoms with Crippen LogP contribution in [0.5, 0.6) is 0 Å². The smallest absolute Gasteiger partial charge is 0.262 e. The van der Waals surface area contributed by atoms with Crippen molar-refractivity contribution in [2.45, 2.75) is 9.79 Å². The zero-order chi connectivity index (χ0) is 14.0. The lowest BCUT2D eigenvalue weighted by Crippen LogP contribution is -2.15. The monoisotopic (exact) mass is 307 g/mol. The number of thioether (sulfide) groups is 1. The third-order valence-electron chi connectivity index (χ3n) is 2.85. The van der Waals surface area contributed by atoms with E-state index in [9.17, 15) is 8.42 Å². The summed E-state index contributed by atoms with van der Waals surface area (Å²) in [6.45, 7) is 0.844. The zero-order valence-electron chi connectivity index (χ0n) is 10.5. The fourth-order valence-corrected chi connectivity index (χ4v) is 3.87. The van der Waals surface area contributed by atoms with Crippen LogP contribution in [0.4, 0.5) is 11.4 Å². The fourth-order valence-electron chi connectivity index (χ4n) is 1.92. The maximum Gasteiger partial charge on any atom is 0.262 e. The van der Waals surface area contributed by atoms with Gasteiger partial charge in [0.15, 0.2) is 0 Å². The third-order valence-corrected chi connectivity index (χ3v) is 5.30. The summed E-state index contributed by atoms with van der Waals surface area (Å²) in [5.74, 6) is 0.993. The summed E-state index contributed by atoms with van der Waals surface area (Å²) in [6.07, 6.45) is 3.07. The summed E-state index contributed by atoms with van der Waals surface area (Å²) >= 11 is 1.72. The molecule has 1 aliphatic rings. The van der Waals surface area contributed by atoms with Gasteiger partial charge < -0.3 is 5.32 Å². The molecule has 0 radical (unpaired) electrons. The van der Waals surface area contributed by atoms with Crippen molar-refractivity contribution in [1.29, 1.82) is 0 Å². The first-order chi connectivity index (χ1) is 9.65. The number of nitrogens with zero attached hydrogens (tertiary/aromatic N) is 1. The van der Waals surface area contributed by atoms with Gasteiger partial charge in [-0.2, -0.15) is 0 Å². The molecule has 0 fully saturated rings. The Hall–Kier alpha value is -1.73. The minimum Gasteiger partial charge on any atom is -0.383 e. The molecule has 0 atom stereocenters. The predicted octanol–water partition coefficient (Wildman–Crippen LogP) is 2.40. The van der Waals surface area contributed by atoms with Crippen molar-refractivity contribution in [3.8, 4) is 0 Å². The van der Waals surface area contributed by atoms with Crippen molar-refractivity contribution in [2.75, 3.05) is 22.3 Å². The number of rotatable bonds is 3. The molecule has 1 aliphatic heterocycles. The molecular weight excluding hydrogens is 294 g/mol. The lowest BCUT2D eigenvalue weighted by Gasteiger charge is -2.18. The maximum atomic E-state index is 12.3. The van der Waals surface area contributed by atoms with Gasteiger partial charge in [0.25, 0.3) is 10.0 Å². The van der Waals surface area contributed by atoms with Gasteiger partial charge in [0, 0.05) is 29.1 Å². The highest BCUT2D eigenvalue weighted by atomic mass is 32.2. The quantitative estimate of drug-likeness (QED) is 0.911. The van der Waals surface area contributed by atoms with Gasteiger partial charge in [-0.15, -0.1) is 11.8 Å². The number of fused-ring (bicyclic) bond motifs is 1. The molecule has 7 heteroatoms. The fraction of sp³-hybridized carbons (Fsp3) is 0.154. The molecule has 0 saturated heterocycles. The van der Waals surface area contributed by atoms with Crippen LogP contribution in [-0.4, -0.2) is 25.7 Å². The van der Waals surface area contributed by atoms with Crippen LogP contribution in [-0.2, 0) is 10.0 Å². The molecular formula is C13H13N3O2S2. The first-order valence-electron chi connectivity index (χ1n) is 6.09. The van der Waals surface area contributed by atoms with Crippen LogP contribution in [0.15, 0.2) is 52.5 Å². The lowest BCUT2D eigenvalue weighted by molar-refractivity contribution is 0.601. The second kappa shape index (κ2) is 5.34. The molecule has 2 N–H and O–H groups in total. The second-order valence-corrected chi connectivity index (χ2v) is 7.10. The Balaban J connectivity index is 1.91. The second-order valence-electron chi connectivity index (χ2n) is 4.28. The van der Waals surface area contributed by atoms with E-state index in [0.717, 1.165) is 22.9 Å². The molecule has 20 heavy (non-hydrogen) atoms.